The van der Waals surface area contributed by atoms with Crippen LogP contribution in [0.2, 0.25) is 0 Å². The molecule has 0 radical (unpaired) electrons. The molecule has 2 aromatic heterocycles. The first kappa shape index (κ1) is 20.3. The SMILES string of the molecule is COc1ccc(C(=O)NCC(=O)N2N=C(c3cccs3)C[C@@H]2c2sccc2C)cc1. The number of ether oxygens (including phenoxy) is 1. The van der Waals surface area contributed by atoms with Crippen molar-refractivity contribution in [1.29, 1.82) is 0 Å². The van der Waals surface area contributed by atoms with Crippen LogP contribution in [0.3, 0.4) is 0 Å². The van der Waals surface area contributed by atoms with Crippen LogP contribution in [0.4, 0.5) is 0 Å². The van der Waals surface area contributed by atoms with E-state index in [1.807, 2.05) is 29.8 Å². The fourth-order valence-corrected chi connectivity index (χ4v) is 5.08. The van der Waals surface area contributed by atoms with Gasteiger partial charge in [-0.05, 0) is 59.6 Å². The molecular formula is C22H21N3O3S2. The van der Waals surface area contributed by atoms with Gasteiger partial charge in [0.25, 0.3) is 11.8 Å². The number of nitrogens with one attached hydrogen (secondary N) is 1. The molecule has 0 bridgehead atoms. The summed E-state index contributed by atoms with van der Waals surface area (Å²) in [4.78, 5) is 27.6. The summed E-state index contributed by atoms with van der Waals surface area (Å²) >= 11 is 3.24. The third-order valence-electron chi connectivity index (χ3n) is 4.93. The van der Waals surface area contributed by atoms with Gasteiger partial charge in [0.1, 0.15) is 5.75 Å². The van der Waals surface area contributed by atoms with Gasteiger partial charge in [0, 0.05) is 16.9 Å². The van der Waals surface area contributed by atoms with Gasteiger partial charge in [0.05, 0.1) is 30.3 Å². The van der Waals surface area contributed by atoms with E-state index in [0.29, 0.717) is 17.7 Å². The highest BCUT2D eigenvalue weighted by Crippen LogP contribution is 2.37. The molecule has 2 amide bonds. The van der Waals surface area contributed by atoms with Crippen molar-refractivity contribution < 1.29 is 14.3 Å². The molecule has 154 valence electrons. The van der Waals surface area contributed by atoms with E-state index in [0.717, 1.165) is 21.0 Å². The second kappa shape index (κ2) is 8.81. The number of nitrogens with zero attached hydrogens (tertiary/aromatic N) is 2. The van der Waals surface area contributed by atoms with Crippen molar-refractivity contribution in [2.75, 3.05) is 13.7 Å². The van der Waals surface area contributed by atoms with Crippen molar-refractivity contribution >= 4 is 40.2 Å². The molecule has 4 rings (SSSR count). The highest BCUT2D eigenvalue weighted by Gasteiger charge is 2.34. The second-order valence-corrected chi connectivity index (χ2v) is 8.76. The van der Waals surface area contributed by atoms with Gasteiger partial charge >= 0.3 is 0 Å². The van der Waals surface area contributed by atoms with E-state index < -0.39 is 0 Å². The van der Waals surface area contributed by atoms with Crippen LogP contribution in [0, 0.1) is 6.92 Å². The van der Waals surface area contributed by atoms with Crippen LogP contribution in [0.5, 0.6) is 5.75 Å². The smallest absolute Gasteiger partial charge is 0.262 e. The Hall–Kier alpha value is -2.97. The van der Waals surface area contributed by atoms with Crippen LogP contribution in [0.15, 0.2) is 58.3 Å². The molecule has 3 aromatic rings. The molecule has 0 unspecified atom stereocenters. The molecule has 30 heavy (non-hydrogen) atoms. The Morgan fingerprint density at radius 3 is 2.60 bits per heavy atom. The molecule has 3 heterocycles. The van der Waals surface area contributed by atoms with Crippen LogP contribution in [-0.4, -0.2) is 36.2 Å². The molecule has 1 aromatic carbocycles. The Kier molecular flexibility index (Phi) is 5.96. The summed E-state index contributed by atoms with van der Waals surface area (Å²) in [6, 6.07) is 12.7. The van der Waals surface area contributed by atoms with Crippen LogP contribution in [-0.2, 0) is 4.79 Å². The third-order valence-corrected chi connectivity index (χ3v) is 6.97. The fourth-order valence-electron chi connectivity index (χ4n) is 3.34. The molecule has 0 saturated heterocycles. The predicted octanol–water partition coefficient (Wildman–Crippen LogP) is 4.23. The Morgan fingerprint density at radius 1 is 1.17 bits per heavy atom. The monoisotopic (exact) mass is 439 g/mol. The third kappa shape index (κ3) is 4.15. The summed E-state index contributed by atoms with van der Waals surface area (Å²) in [7, 11) is 1.57. The molecular weight excluding hydrogens is 418 g/mol. The van der Waals surface area contributed by atoms with Gasteiger partial charge in [0.2, 0.25) is 0 Å². The summed E-state index contributed by atoms with van der Waals surface area (Å²) in [5.74, 6) is 0.127. The van der Waals surface area contributed by atoms with Gasteiger partial charge in [-0.3, -0.25) is 9.59 Å². The van der Waals surface area contributed by atoms with Gasteiger partial charge in [-0.15, -0.1) is 22.7 Å². The van der Waals surface area contributed by atoms with Crippen molar-refractivity contribution in [3.63, 3.8) is 0 Å². The first-order chi connectivity index (χ1) is 14.6. The molecule has 8 heteroatoms. The van der Waals surface area contributed by atoms with Crippen LogP contribution >= 0.6 is 22.7 Å². The van der Waals surface area contributed by atoms with Crippen molar-refractivity contribution in [2.45, 2.75) is 19.4 Å². The lowest BCUT2D eigenvalue weighted by atomic mass is 10.1. The maximum absolute atomic E-state index is 13.0. The number of methoxy groups -OCH3 is 1. The summed E-state index contributed by atoms with van der Waals surface area (Å²) < 4.78 is 5.11. The zero-order valence-electron chi connectivity index (χ0n) is 16.6. The minimum Gasteiger partial charge on any atom is -0.497 e. The van der Waals surface area contributed by atoms with Crippen molar-refractivity contribution in [3.05, 3.63) is 74.1 Å². The second-order valence-electron chi connectivity index (χ2n) is 6.86. The van der Waals surface area contributed by atoms with E-state index in [2.05, 4.69) is 16.5 Å². The van der Waals surface area contributed by atoms with E-state index in [-0.39, 0.29) is 24.4 Å². The summed E-state index contributed by atoms with van der Waals surface area (Å²) in [6.07, 6.45) is 0.667. The first-order valence-corrected chi connectivity index (χ1v) is 11.2. The highest BCUT2D eigenvalue weighted by molar-refractivity contribution is 7.12. The number of aryl methyl sites for hydroxylation is 1. The van der Waals surface area contributed by atoms with E-state index in [9.17, 15) is 9.59 Å². The molecule has 0 spiro atoms. The number of rotatable bonds is 6. The van der Waals surface area contributed by atoms with Crippen molar-refractivity contribution in [1.82, 2.24) is 10.3 Å². The molecule has 6 nitrogen and oxygen atoms in total. The Labute approximate surface area is 182 Å². The number of benzene rings is 1. The van der Waals surface area contributed by atoms with Crippen LogP contribution in [0.25, 0.3) is 0 Å². The lowest BCUT2D eigenvalue weighted by Gasteiger charge is -2.21. The standard InChI is InChI=1S/C22H21N3O3S2/c1-14-9-11-30-21(14)18-12-17(19-4-3-10-29-19)24-25(18)20(26)13-23-22(27)15-5-7-16(28-2)8-6-15/h3-11,18H,12-13H2,1-2H3,(H,23,27)/t18-/m1/s1. The Balaban J connectivity index is 1.49. The normalized spacial score (nSPS) is 15.7. The Bertz CT molecular complexity index is 1070. The van der Waals surface area contributed by atoms with Crippen molar-refractivity contribution in [2.24, 2.45) is 5.10 Å². The Morgan fingerprint density at radius 2 is 1.97 bits per heavy atom. The van der Waals surface area contributed by atoms with Gasteiger partial charge in [-0.2, -0.15) is 5.10 Å². The van der Waals surface area contributed by atoms with Gasteiger partial charge < -0.3 is 10.1 Å². The summed E-state index contributed by atoms with van der Waals surface area (Å²) in [5, 5.41) is 12.9. The minimum atomic E-state index is -0.309. The molecule has 1 N–H and O–H groups in total. The zero-order chi connectivity index (χ0) is 21.1. The largest absolute Gasteiger partial charge is 0.497 e. The topological polar surface area (TPSA) is 71.0 Å². The van der Waals surface area contributed by atoms with Crippen molar-refractivity contribution in [3.8, 4) is 5.75 Å². The molecule has 0 fully saturated rings. The molecule has 1 aliphatic heterocycles. The summed E-state index contributed by atoms with van der Waals surface area (Å²) in [6.45, 7) is 1.93. The predicted molar refractivity (Wildman–Crippen MR) is 119 cm³/mol. The molecule has 0 aliphatic carbocycles. The maximum atomic E-state index is 13.0. The maximum Gasteiger partial charge on any atom is 0.262 e. The van der Waals surface area contributed by atoms with Gasteiger partial charge in [0.15, 0.2) is 0 Å². The molecule has 1 atom stereocenters. The molecule has 0 saturated carbocycles. The quantitative estimate of drug-likeness (QED) is 0.625. The van der Waals surface area contributed by atoms with Crippen LogP contribution in [0.1, 0.15) is 38.1 Å². The number of thiophene rings is 2. The minimum absolute atomic E-state index is 0.118. The van der Waals surface area contributed by atoms with E-state index >= 15 is 0 Å². The number of carbonyl (C=O) groups is 2. The fraction of sp³-hybridized carbons (Fsp3) is 0.227. The average molecular weight is 440 g/mol. The number of hydrogen-bond acceptors (Lipinski definition) is 6. The van der Waals surface area contributed by atoms with Crippen LogP contribution < -0.4 is 10.1 Å². The highest BCUT2D eigenvalue weighted by atomic mass is 32.1. The lowest BCUT2D eigenvalue weighted by molar-refractivity contribution is -0.131. The summed E-state index contributed by atoms with van der Waals surface area (Å²) in [5.41, 5.74) is 2.52. The first-order valence-electron chi connectivity index (χ1n) is 9.46. The lowest BCUT2D eigenvalue weighted by Crippen LogP contribution is -2.37. The number of hydrogen-bond donors (Lipinski definition) is 1. The molecule has 1 aliphatic rings. The van der Waals surface area contributed by atoms with Gasteiger partial charge in [-0.1, -0.05) is 6.07 Å². The number of hydrazone groups is 1. The van der Waals surface area contributed by atoms with E-state index in [4.69, 9.17) is 4.74 Å². The zero-order valence-corrected chi connectivity index (χ0v) is 18.3. The number of amides is 2. The number of carbonyl (C=O) groups excluding carboxylic acids is 2. The van der Waals surface area contributed by atoms with Gasteiger partial charge in [-0.25, -0.2) is 5.01 Å². The average Bonchev–Trinajstić information content (AvgIpc) is 3.51. The van der Waals surface area contributed by atoms with E-state index in [1.165, 1.54) is 5.01 Å². The van der Waals surface area contributed by atoms with E-state index in [1.54, 1.807) is 54.0 Å².